The molecule has 5 nitrogen and oxygen atoms in total. The van der Waals surface area contributed by atoms with E-state index in [-0.39, 0.29) is 24.0 Å². The molecule has 3 rings (SSSR count). The molecule has 0 unspecified atom stereocenters. The number of nitrogens with zero attached hydrogens (tertiary/aromatic N) is 4. The van der Waals surface area contributed by atoms with Crippen LogP contribution >= 0.6 is 24.0 Å². The molecule has 0 bridgehead atoms. The lowest BCUT2D eigenvalue weighted by Crippen LogP contribution is -2.46. The molecule has 30 heavy (non-hydrogen) atoms. The number of benzene rings is 1. The molecule has 6 heteroatoms. The molecular formula is C24H40IN5. The maximum absolute atomic E-state index is 4.92. The van der Waals surface area contributed by atoms with Gasteiger partial charge in [0.05, 0.1) is 0 Å². The number of unbranched alkanes of at least 4 members (excludes halogenated alkanes) is 1. The van der Waals surface area contributed by atoms with Crippen molar-refractivity contribution in [1.29, 1.82) is 0 Å². The van der Waals surface area contributed by atoms with Gasteiger partial charge in [-0.25, -0.2) is 0 Å². The topological polar surface area (TPSA) is 34.1 Å². The Labute approximate surface area is 200 Å². The van der Waals surface area contributed by atoms with Crippen molar-refractivity contribution in [2.45, 2.75) is 33.1 Å². The highest BCUT2D eigenvalue weighted by molar-refractivity contribution is 14.0. The maximum Gasteiger partial charge on any atom is 0.194 e. The molecule has 0 spiro atoms. The summed E-state index contributed by atoms with van der Waals surface area (Å²) in [6.45, 7) is 15.6. The Hall–Kier alpha value is -1.12. The summed E-state index contributed by atoms with van der Waals surface area (Å²) in [5.41, 5.74) is 2.81. The molecule has 1 N–H and O–H groups in total. The summed E-state index contributed by atoms with van der Waals surface area (Å²) in [6.07, 6.45) is 5.86. The van der Waals surface area contributed by atoms with Crippen LogP contribution in [0.25, 0.3) is 5.57 Å². The van der Waals surface area contributed by atoms with Crippen LogP contribution in [0.1, 0.15) is 38.7 Å². The fraction of sp³-hybridized carbons (Fsp3) is 0.625. The van der Waals surface area contributed by atoms with Crippen molar-refractivity contribution in [3.8, 4) is 0 Å². The van der Waals surface area contributed by atoms with Gasteiger partial charge in [0.25, 0.3) is 0 Å². The Bertz CT molecular complexity index is 653. The van der Waals surface area contributed by atoms with E-state index < -0.39 is 0 Å². The smallest absolute Gasteiger partial charge is 0.194 e. The first-order valence-corrected chi connectivity index (χ1v) is 11.5. The van der Waals surface area contributed by atoms with Gasteiger partial charge in [0.15, 0.2) is 5.96 Å². The van der Waals surface area contributed by atoms with E-state index in [4.69, 9.17) is 4.99 Å². The normalized spacial score (nSPS) is 18.7. The molecule has 168 valence electrons. The largest absolute Gasteiger partial charge is 0.357 e. The molecule has 1 saturated heterocycles. The zero-order valence-corrected chi connectivity index (χ0v) is 21.2. The molecule has 0 saturated carbocycles. The van der Waals surface area contributed by atoms with Crippen LogP contribution in [0.5, 0.6) is 0 Å². The van der Waals surface area contributed by atoms with E-state index in [2.05, 4.69) is 70.3 Å². The number of hydrogen-bond acceptors (Lipinski definition) is 3. The molecular weight excluding hydrogens is 485 g/mol. The Morgan fingerprint density at radius 3 is 2.33 bits per heavy atom. The molecule has 0 amide bonds. The minimum absolute atomic E-state index is 0. The summed E-state index contributed by atoms with van der Waals surface area (Å²) >= 11 is 0. The molecule has 1 fully saturated rings. The average Bonchev–Trinajstić information content (AvgIpc) is 2.79. The van der Waals surface area contributed by atoms with Gasteiger partial charge < -0.3 is 20.0 Å². The van der Waals surface area contributed by atoms with E-state index in [1.165, 1.54) is 63.2 Å². The zero-order chi connectivity index (χ0) is 20.3. The van der Waals surface area contributed by atoms with Crippen LogP contribution in [0.15, 0.2) is 41.4 Å². The minimum atomic E-state index is 0. The lowest BCUT2D eigenvalue weighted by molar-refractivity contribution is 0.136. The highest BCUT2D eigenvalue weighted by Gasteiger charge is 2.16. The van der Waals surface area contributed by atoms with Crippen LogP contribution in [0, 0.1) is 0 Å². The fourth-order valence-corrected chi connectivity index (χ4v) is 4.16. The Balaban J connectivity index is 0.00000320. The highest BCUT2D eigenvalue weighted by Crippen LogP contribution is 2.22. The standard InChI is InChI=1S/C24H39N5.HI/c1-3-25-24(26-14-8-9-15-28-20-18-27(4-2)19-21-28)29-16-12-23(13-17-29)22-10-6-5-7-11-22;/h5-7,10-12H,3-4,8-9,13-21H2,1-2H3,(H,25,26);1H. The highest BCUT2D eigenvalue weighted by atomic mass is 127. The fourth-order valence-electron chi connectivity index (χ4n) is 4.16. The van der Waals surface area contributed by atoms with Crippen LogP contribution in [0.4, 0.5) is 0 Å². The predicted molar refractivity (Wildman–Crippen MR) is 140 cm³/mol. The third-order valence-electron chi connectivity index (χ3n) is 6.04. The minimum Gasteiger partial charge on any atom is -0.357 e. The van der Waals surface area contributed by atoms with Crippen LogP contribution in [0.3, 0.4) is 0 Å². The third-order valence-corrected chi connectivity index (χ3v) is 6.04. The summed E-state index contributed by atoms with van der Waals surface area (Å²) in [5.74, 6) is 1.08. The lowest BCUT2D eigenvalue weighted by Gasteiger charge is -2.34. The van der Waals surface area contributed by atoms with Gasteiger partial charge >= 0.3 is 0 Å². The first-order valence-electron chi connectivity index (χ1n) is 11.5. The summed E-state index contributed by atoms with van der Waals surface area (Å²) in [4.78, 5) is 12.5. The van der Waals surface area contributed by atoms with E-state index >= 15 is 0 Å². The number of guanidine groups is 1. The van der Waals surface area contributed by atoms with E-state index in [1.54, 1.807) is 0 Å². The third kappa shape index (κ3) is 7.85. The lowest BCUT2D eigenvalue weighted by atomic mass is 10.00. The first kappa shape index (κ1) is 25.1. The van der Waals surface area contributed by atoms with Crippen LogP contribution in [-0.2, 0) is 0 Å². The van der Waals surface area contributed by atoms with Crippen molar-refractivity contribution in [2.75, 3.05) is 65.4 Å². The van der Waals surface area contributed by atoms with Gasteiger partial charge in [-0.15, -0.1) is 24.0 Å². The second-order valence-corrected chi connectivity index (χ2v) is 8.01. The first-order chi connectivity index (χ1) is 14.3. The van der Waals surface area contributed by atoms with Gasteiger partial charge in [-0.2, -0.15) is 0 Å². The van der Waals surface area contributed by atoms with Gasteiger partial charge in [0.1, 0.15) is 0 Å². The van der Waals surface area contributed by atoms with Crippen molar-refractivity contribution in [3.05, 3.63) is 42.0 Å². The predicted octanol–water partition coefficient (Wildman–Crippen LogP) is 3.78. The molecule has 1 aromatic carbocycles. The number of halogens is 1. The van der Waals surface area contributed by atoms with Gasteiger partial charge in [-0.1, -0.05) is 43.3 Å². The summed E-state index contributed by atoms with van der Waals surface area (Å²) in [7, 11) is 0. The molecule has 2 aliphatic rings. The van der Waals surface area contributed by atoms with E-state index in [9.17, 15) is 0 Å². The quantitative estimate of drug-likeness (QED) is 0.243. The number of nitrogens with one attached hydrogen (secondary N) is 1. The Morgan fingerprint density at radius 1 is 0.967 bits per heavy atom. The van der Waals surface area contributed by atoms with Crippen molar-refractivity contribution in [1.82, 2.24) is 20.0 Å². The van der Waals surface area contributed by atoms with Crippen LogP contribution in [-0.4, -0.2) is 86.1 Å². The molecule has 2 aliphatic heterocycles. The second-order valence-electron chi connectivity index (χ2n) is 8.01. The van der Waals surface area contributed by atoms with E-state index in [1.807, 2.05) is 0 Å². The SMILES string of the molecule is CCNC(=NCCCCN1CCN(CC)CC1)N1CC=C(c2ccccc2)CC1.I. The number of piperazine rings is 1. The van der Waals surface area contributed by atoms with Gasteiger partial charge in [-0.05, 0) is 50.4 Å². The zero-order valence-electron chi connectivity index (χ0n) is 18.9. The van der Waals surface area contributed by atoms with Crippen molar-refractivity contribution >= 4 is 35.5 Å². The second kappa shape index (κ2) is 14.0. The Morgan fingerprint density at radius 2 is 1.70 bits per heavy atom. The maximum atomic E-state index is 4.92. The summed E-state index contributed by atoms with van der Waals surface area (Å²) in [6, 6.07) is 10.8. The van der Waals surface area contributed by atoms with Gasteiger partial charge in [0, 0.05) is 52.4 Å². The van der Waals surface area contributed by atoms with E-state index in [0.29, 0.717) is 0 Å². The number of likely N-dealkylation sites (N-methyl/N-ethyl adjacent to an activating group) is 1. The van der Waals surface area contributed by atoms with E-state index in [0.717, 1.165) is 38.6 Å². The summed E-state index contributed by atoms with van der Waals surface area (Å²) in [5, 5.41) is 3.49. The molecule has 0 aliphatic carbocycles. The van der Waals surface area contributed by atoms with Gasteiger partial charge in [0.2, 0.25) is 0 Å². The summed E-state index contributed by atoms with van der Waals surface area (Å²) < 4.78 is 0. The molecule has 0 radical (unpaired) electrons. The number of hydrogen-bond donors (Lipinski definition) is 1. The van der Waals surface area contributed by atoms with Gasteiger partial charge in [-0.3, -0.25) is 4.99 Å². The average molecular weight is 526 g/mol. The van der Waals surface area contributed by atoms with Crippen LogP contribution < -0.4 is 5.32 Å². The van der Waals surface area contributed by atoms with Crippen molar-refractivity contribution in [3.63, 3.8) is 0 Å². The van der Waals surface area contributed by atoms with Crippen molar-refractivity contribution in [2.24, 2.45) is 4.99 Å². The number of rotatable bonds is 8. The van der Waals surface area contributed by atoms with Crippen molar-refractivity contribution < 1.29 is 0 Å². The molecule has 1 aromatic rings. The molecule has 0 atom stereocenters. The Kier molecular flexibility index (Phi) is 11.8. The molecule has 0 aromatic heterocycles. The number of aliphatic imine (C=N–C) groups is 1. The van der Waals surface area contributed by atoms with Crippen LogP contribution in [0.2, 0.25) is 0 Å². The molecule has 2 heterocycles. The monoisotopic (exact) mass is 525 g/mol.